The summed E-state index contributed by atoms with van der Waals surface area (Å²) >= 11 is 0. The SMILES string of the molecule is CC[C@@H](C)c1ccccc1NC(=O)COC(=O)CNC(=O)c1cccc(F)c1. The molecule has 148 valence electrons. The van der Waals surface area contributed by atoms with Crippen LogP contribution in [0.25, 0.3) is 0 Å². The molecule has 1 atom stereocenters. The van der Waals surface area contributed by atoms with Gasteiger partial charge in [-0.1, -0.05) is 38.1 Å². The van der Waals surface area contributed by atoms with Crippen LogP contribution in [0.3, 0.4) is 0 Å². The zero-order valence-corrected chi connectivity index (χ0v) is 15.8. The van der Waals surface area contributed by atoms with Crippen molar-refractivity contribution in [2.45, 2.75) is 26.2 Å². The Hall–Kier alpha value is -3.22. The monoisotopic (exact) mass is 386 g/mol. The minimum Gasteiger partial charge on any atom is -0.454 e. The molecule has 6 nitrogen and oxygen atoms in total. The lowest BCUT2D eigenvalue weighted by Gasteiger charge is -2.15. The molecule has 0 aliphatic heterocycles. The van der Waals surface area contributed by atoms with E-state index in [0.717, 1.165) is 18.1 Å². The number of carbonyl (C=O) groups excluding carboxylic acids is 3. The first kappa shape index (κ1) is 21.1. The summed E-state index contributed by atoms with van der Waals surface area (Å²) in [5.74, 6) is -2.12. The van der Waals surface area contributed by atoms with Gasteiger partial charge in [-0.3, -0.25) is 14.4 Å². The quantitative estimate of drug-likeness (QED) is 0.682. The van der Waals surface area contributed by atoms with E-state index in [1.165, 1.54) is 18.2 Å². The molecule has 0 aliphatic rings. The average Bonchev–Trinajstić information content (AvgIpc) is 2.70. The van der Waals surface area contributed by atoms with E-state index in [1.54, 1.807) is 6.07 Å². The fourth-order valence-electron chi connectivity index (χ4n) is 2.53. The van der Waals surface area contributed by atoms with Gasteiger partial charge in [-0.15, -0.1) is 0 Å². The molecule has 0 fully saturated rings. The van der Waals surface area contributed by atoms with Gasteiger partial charge in [-0.25, -0.2) is 4.39 Å². The summed E-state index contributed by atoms with van der Waals surface area (Å²) in [4.78, 5) is 35.6. The summed E-state index contributed by atoms with van der Waals surface area (Å²) in [6, 6.07) is 12.5. The van der Waals surface area contributed by atoms with Crippen molar-refractivity contribution in [3.05, 3.63) is 65.5 Å². The molecule has 0 radical (unpaired) electrons. The molecule has 2 amide bonds. The number of nitrogens with one attached hydrogen (secondary N) is 2. The van der Waals surface area contributed by atoms with Crippen LogP contribution in [0.5, 0.6) is 0 Å². The van der Waals surface area contributed by atoms with Crippen molar-refractivity contribution >= 4 is 23.5 Å². The van der Waals surface area contributed by atoms with Crippen LogP contribution in [0, 0.1) is 5.82 Å². The number of hydrogen-bond donors (Lipinski definition) is 2. The van der Waals surface area contributed by atoms with Crippen molar-refractivity contribution in [3.8, 4) is 0 Å². The number of benzene rings is 2. The fraction of sp³-hybridized carbons (Fsp3) is 0.286. The molecule has 0 aromatic heterocycles. The minimum absolute atomic E-state index is 0.0900. The zero-order valence-electron chi connectivity index (χ0n) is 15.8. The Balaban J connectivity index is 1.80. The van der Waals surface area contributed by atoms with Crippen LogP contribution in [-0.2, 0) is 14.3 Å². The number of anilines is 1. The standard InChI is InChI=1S/C21H23FN2O4/c1-3-14(2)17-9-4-5-10-18(17)24-19(25)13-28-20(26)12-23-21(27)15-7-6-8-16(22)11-15/h4-11,14H,3,12-13H2,1-2H3,(H,23,27)(H,24,25)/t14-/m1/s1. The normalized spacial score (nSPS) is 11.4. The third kappa shape index (κ3) is 6.19. The maximum absolute atomic E-state index is 13.1. The van der Waals surface area contributed by atoms with E-state index in [9.17, 15) is 18.8 Å². The minimum atomic E-state index is -0.768. The van der Waals surface area contributed by atoms with Gasteiger partial charge in [0.05, 0.1) is 0 Å². The van der Waals surface area contributed by atoms with Gasteiger partial charge in [-0.2, -0.15) is 0 Å². The van der Waals surface area contributed by atoms with E-state index < -0.39 is 36.8 Å². The highest BCUT2D eigenvalue weighted by Crippen LogP contribution is 2.26. The van der Waals surface area contributed by atoms with E-state index in [0.29, 0.717) is 5.69 Å². The first-order chi connectivity index (χ1) is 13.4. The number of esters is 1. The van der Waals surface area contributed by atoms with Crippen molar-refractivity contribution in [2.24, 2.45) is 0 Å². The summed E-state index contributed by atoms with van der Waals surface area (Å²) < 4.78 is 18.0. The smallest absolute Gasteiger partial charge is 0.325 e. The lowest BCUT2D eigenvalue weighted by atomic mass is 9.97. The molecule has 0 saturated heterocycles. The molecule has 0 saturated carbocycles. The van der Waals surface area contributed by atoms with Crippen LogP contribution in [0.1, 0.15) is 42.1 Å². The van der Waals surface area contributed by atoms with Crippen molar-refractivity contribution in [2.75, 3.05) is 18.5 Å². The predicted molar refractivity (Wildman–Crippen MR) is 103 cm³/mol. The van der Waals surface area contributed by atoms with Crippen molar-refractivity contribution in [1.82, 2.24) is 5.32 Å². The van der Waals surface area contributed by atoms with E-state index >= 15 is 0 Å². The summed E-state index contributed by atoms with van der Waals surface area (Å²) in [5, 5.41) is 5.05. The second-order valence-electron chi connectivity index (χ2n) is 6.30. The number of amides is 2. The third-order valence-electron chi connectivity index (χ3n) is 4.22. The van der Waals surface area contributed by atoms with Gasteiger partial charge in [0.1, 0.15) is 12.4 Å². The van der Waals surface area contributed by atoms with Crippen LogP contribution in [0.15, 0.2) is 48.5 Å². The molecule has 0 unspecified atom stereocenters. The topological polar surface area (TPSA) is 84.5 Å². The lowest BCUT2D eigenvalue weighted by molar-refractivity contribution is -0.146. The van der Waals surface area contributed by atoms with Gasteiger partial charge >= 0.3 is 5.97 Å². The molecule has 2 aromatic carbocycles. The molecule has 2 N–H and O–H groups in total. The number of ether oxygens (including phenoxy) is 1. The number of halogens is 1. The molecule has 2 rings (SSSR count). The van der Waals surface area contributed by atoms with Gasteiger partial charge < -0.3 is 15.4 Å². The van der Waals surface area contributed by atoms with Crippen LogP contribution >= 0.6 is 0 Å². The first-order valence-electron chi connectivity index (χ1n) is 8.98. The van der Waals surface area contributed by atoms with Gasteiger partial charge in [0.15, 0.2) is 6.61 Å². The molecular formula is C21H23FN2O4. The Kier molecular flexibility index (Phi) is 7.68. The van der Waals surface area contributed by atoms with Gasteiger partial charge in [0.25, 0.3) is 11.8 Å². The highest BCUT2D eigenvalue weighted by Gasteiger charge is 2.14. The summed E-state index contributed by atoms with van der Waals surface area (Å²) in [5.41, 5.74) is 1.77. The largest absolute Gasteiger partial charge is 0.454 e. The molecular weight excluding hydrogens is 363 g/mol. The average molecular weight is 386 g/mol. The predicted octanol–water partition coefficient (Wildman–Crippen LogP) is 3.25. The number of rotatable bonds is 8. The number of para-hydroxylation sites is 1. The van der Waals surface area contributed by atoms with E-state index in [-0.39, 0.29) is 11.5 Å². The zero-order chi connectivity index (χ0) is 20.5. The second kappa shape index (κ2) is 10.2. The first-order valence-corrected chi connectivity index (χ1v) is 8.98. The molecule has 0 heterocycles. The molecule has 0 spiro atoms. The molecule has 28 heavy (non-hydrogen) atoms. The Morgan fingerprint density at radius 3 is 2.57 bits per heavy atom. The van der Waals surface area contributed by atoms with Crippen molar-refractivity contribution in [1.29, 1.82) is 0 Å². The maximum Gasteiger partial charge on any atom is 0.325 e. The number of carbonyl (C=O) groups is 3. The van der Waals surface area contributed by atoms with Gasteiger partial charge in [0.2, 0.25) is 0 Å². The third-order valence-corrected chi connectivity index (χ3v) is 4.22. The molecule has 2 aromatic rings. The van der Waals surface area contributed by atoms with Crippen LogP contribution in [-0.4, -0.2) is 30.9 Å². The Labute approximate surface area is 163 Å². The van der Waals surface area contributed by atoms with Gasteiger partial charge in [0, 0.05) is 11.3 Å². The maximum atomic E-state index is 13.1. The summed E-state index contributed by atoms with van der Waals surface area (Å²) in [6.45, 7) is 3.23. The molecule has 7 heteroatoms. The van der Waals surface area contributed by atoms with Crippen LogP contribution in [0.4, 0.5) is 10.1 Å². The van der Waals surface area contributed by atoms with Crippen molar-refractivity contribution in [3.63, 3.8) is 0 Å². The van der Waals surface area contributed by atoms with E-state index in [4.69, 9.17) is 4.74 Å². The fourth-order valence-corrected chi connectivity index (χ4v) is 2.53. The Morgan fingerprint density at radius 1 is 1.11 bits per heavy atom. The molecule has 0 bridgehead atoms. The molecule has 0 aliphatic carbocycles. The highest BCUT2D eigenvalue weighted by atomic mass is 19.1. The highest BCUT2D eigenvalue weighted by molar-refractivity contribution is 5.96. The summed E-state index contributed by atoms with van der Waals surface area (Å²) in [6.07, 6.45) is 0.923. The van der Waals surface area contributed by atoms with Crippen molar-refractivity contribution < 1.29 is 23.5 Å². The van der Waals surface area contributed by atoms with Crippen LogP contribution in [0.2, 0.25) is 0 Å². The Morgan fingerprint density at radius 2 is 1.86 bits per heavy atom. The van der Waals surface area contributed by atoms with E-state index in [2.05, 4.69) is 24.5 Å². The second-order valence-corrected chi connectivity index (χ2v) is 6.30. The summed E-state index contributed by atoms with van der Waals surface area (Å²) in [7, 11) is 0. The Bertz CT molecular complexity index is 854. The lowest BCUT2D eigenvalue weighted by Crippen LogP contribution is -2.32. The van der Waals surface area contributed by atoms with Gasteiger partial charge in [-0.05, 0) is 42.2 Å². The van der Waals surface area contributed by atoms with Crippen LogP contribution < -0.4 is 10.6 Å². The van der Waals surface area contributed by atoms with E-state index in [1.807, 2.05) is 18.2 Å². The number of hydrogen-bond acceptors (Lipinski definition) is 4.